The number of ether oxygens (including phenoxy) is 4. The summed E-state index contributed by atoms with van der Waals surface area (Å²) in [5, 5.41) is 0. The molecule has 1 aromatic rings. The minimum atomic E-state index is -0.577. The molecule has 0 bridgehead atoms. The van der Waals surface area contributed by atoms with Crippen molar-refractivity contribution in [1.82, 2.24) is 4.90 Å². The van der Waals surface area contributed by atoms with Crippen LogP contribution >= 0.6 is 0 Å². The Bertz CT molecular complexity index is 608. The van der Waals surface area contributed by atoms with Gasteiger partial charge < -0.3 is 23.8 Å². The Hall–Kier alpha value is -2.28. The van der Waals surface area contributed by atoms with Crippen molar-refractivity contribution in [3.8, 4) is 11.5 Å². The first kappa shape index (κ1) is 19.1. The third-order valence-electron chi connectivity index (χ3n) is 3.80. The second-order valence-electron chi connectivity index (χ2n) is 5.93. The molecule has 138 valence electrons. The molecule has 25 heavy (non-hydrogen) atoms. The number of amides is 1. The summed E-state index contributed by atoms with van der Waals surface area (Å²) in [6, 6.07) is 4.76. The number of benzene rings is 1. The van der Waals surface area contributed by atoms with E-state index in [2.05, 4.69) is 0 Å². The molecule has 1 saturated heterocycles. The van der Waals surface area contributed by atoms with E-state index in [-0.39, 0.29) is 24.7 Å². The molecule has 1 amide bonds. The highest BCUT2D eigenvalue weighted by atomic mass is 16.5. The number of carbonyl (C=O) groups excluding carboxylic acids is 2. The van der Waals surface area contributed by atoms with Crippen LogP contribution in [0.15, 0.2) is 18.2 Å². The Kier molecular flexibility index (Phi) is 6.64. The molecule has 7 nitrogen and oxygen atoms in total. The maximum atomic E-state index is 12.2. The van der Waals surface area contributed by atoms with Gasteiger partial charge in [-0.1, -0.05) is 0 Å². The van der Waals surface area contributed by atoms with E-state index >= 15 is 0 Å². The summed E-state index contributed by atoms with van der Waals surface area (Å²) in [6.07, 6.45) is -0.0579. The summed E-state index contributed by atoms with van der Waals surface area (Å²) < 4.78 is 21.4. The Balaban J connectivity index is 1.95. The van der Waals surface area contributed by atoms with Crippen molar-refractivity contribution in [3.05, 3.63) is 23.8 Å². The first-order valence-electron chi connectivity index (χ1n) is 8.35. The lowest BCUT2D eigenvalue weighted by Crippen LogP contribution is -2.49. The normalized spacial score (nSPS) is 20.1. The monoisotopic (exact) mass is 351 g/mol. The van der Waals surface area contributed by atoms with Crippen LogP contribution in [-0.4, -0.2) is 62.4 Å². The molecule has 7 heteroatoms. The molecule has 1 heterocycles. The van der Waals surface area contributed by atoms with Crippen LogP contribution in [0.5, 0.6) is 11.5 Å². The van der Waals surface area contributed by atoms with Crippen LogP contribution in [0, 0.1) is 0 Å². The van der Waals surface area contributed by atoms with Gasteiger partial charge in [0.25, 0.3) is 5.91 Å². The van der Waals surface area contributed by atoms with Gasteiger partial charge in [-0.05, 0) is 39.0 Å². The predicted molar refractivity (Wildman–Crippen MR) is 91.0 cm³/mol. The molecular weight excluding hydrogens is 326 g/mol. The molecule has 1 fully saturated rings. The van der Waals surface area contributed by atoms with Gasteiger partial charge >= 0.3 is 5.97 Å². The van der Waals surface area contributed by atoms with Gasteiger partial charge in [0.05, 0.1) is 31.5 Å². The van der Waals surface area contributed by atoms with Crippen LogP contribution in [-0.2, 0) is 14.3 Å². The smallest absolute Gasteiger partial charge is 0.338 e. The van der Waals surface area contributed by atoms with Crippen LogP contribution in [0.3, 0.4) is 0 Å². The Morgan fingerprint density at radius 2 is 1.88 bits per heavy atom. The molecule has 2 atom stereocenters. The van der Waals surface area contributed by atoms with E-state index < -0.39 is 5.97 Å². The number of esters is 1. The van der Waals surface area contributed by atoms with Gasteiger partial charge in [-0.2, -0.15) is 0 Å². The van der Waals surface area contributed by atoms with E-state index in [0.717, 1.165) is 0 Å². The third kappa shape index (κ3) is 5.09. The van der Waals surface area contributed by atoms with Crippen LogP contribution in [0.25, 0.3) is 0 Å². The van der Waals surface area contributed by atoms with Crippen LogP contribution in [0.2, 0.25) is 0 Å². The van der Waals surface area contributed by atoms with Crippen molar-refractivity contribution in [2.75, 3.05) is 33.4 Å². The number of carbonyl (C=O) groups is 2. The number of hydrogen-bond acceptors (Lipinski definition) is 6. The summed E-state index contributed by atoms with van der Waals surface area (Å²) in [4.78, 5) is 26.1. The summed E-state index contributed by atoms with van der Waals surface area (Å²) in [5.74, 6) is 0.188. The minimum absolute atomic E-state index is 0.0289. The van der Waals surface area contributed by atoms with Crippen molar-refractivity contribution < 1.29 is 28.5 Å². The summed E-state index contributed by atoms with van der Waals surface area (Å²) >= 11 is 0. The van der Waals surface area contributed by atoms with E-state index in [1.165, 1.54) is 7.11 Å². The van der Waals surface area contributed by atoms with Gasteiger partial charge in [-0.15, -0.1) is 0 Å². The van der Waals surface area contributed by atoms with E-state index in [1.807, 2.05) is 20.8 Å². The van der Waals surface area contributed by atoms with E-state index in [9.17, 15) is 9.59 Å². The standard InChI is InChI=1S/C18H25NO6/c1-5-23-16-8-14(6-7-15(16)22-4)18(21)24-11-17(20)19-9-12(2)25-13(3)10-19/h6-8,12-13H,5,9-11H2,1-4H3/t12-,13-/m1/s1. The van der Waals surface area contributed by atoms with Gasteiger partial charge in [-0.3, -0.25) is 4.79 Å². The van der Waals surface area contributed by atoms with E-state index in [0.29, 0.717) is 36.8 Å². The molecule has 0 N–H and O–H groups in total. The quantitative estimate of drug-likeness (QED) is 0.729. The summed E-state index contributed by atoms with van der Waals surface area (Å²) in [5.41, 5.74) is 0.306. The Labute approximate surface area is 147 Å². The first-order valence-corrected chi connectivity index (χ1v) is 8.35. The number of morpholine rings is 1. The maximum Gasteiger partial charge on any atom is 0.338 e. The molecule has 1 aromatic carbocycles. The molecule has 0 radical (unpaired) electrons. The van der Waals surface area contributed by atoms with Gasteiger partial charge in [0.15, 0.2) is 18.1 Å². The molecule has 2 rings (SSSR count). The number of methoxy groups -OCH3 is 1. The maximum absolute atomic E-state index is 12.2. The molecule has 0 aromatic heterocycles. The van der Waals surface area contributed by atoms with Gasteiger partial charge in [0.2, 0.25) is 0 Å². The second kappa shape index (κ2) is 8.71. The van der Waals surface area contributed by atoms with Crippen LogP contribution in [0.4, 0.5) is 0 Å². The van der Waals surface area contributed by atoms with E-state index in [4.69, 9.17) is 18.9 Å². The van der Waals surface area contributed by atoms with Crippen molar-refractivity contribution in [2.45, 2.75) is 33.0 Å². The Morgan fingerprint density at radius 1 is 1.20 bits per heavy atom. The highest BCUT2D eigenvalue weighted by Crippen LogP contribution is 2.28. The molecule has 1 aliphatic rings. The zero-order valence-corrected chi connectivity index (χ0v) is 15.1. The average Bonchev–Trinajstić information content (AvgIpc) is 2.58. The molecule has 0 spiro atoms. The van der Waals surface area contributed by atoms with Gasteiger partial charge in [0.1, 0.15) is 0 Å². The van der Waals surface area contributed by atoms with Crippen LogP contribution in [0.1, 0.15) is 31.1 Å². The summed E-state index contributed by atoms with van der Waals surface area (Å²) in [7, 11) is 1.53. The largest absolute Gasteiger partial charge is 0.493 e. The predicted octanol–water partition coefficient (Wildman–Crippen LogP) is 1.89. The van der Waals surface area contributed by atoms with Crippen LogP contribution < -0.4 is 9.47 Å². The molecule has 0 saturated carbocycles. The lowest BCUT2D eigenvalue weighted by molar-refractivity contribution is -0.146. The van der Waals surface area contributed by atoms with Crippen molar-refractivity contribution in [1.29, 1.82) is 0 Å². The number of hydrogen-bond donors (Lipinski definition) is 0. The van der Waals surface area contributed by atoms with Crippen molar-refractivity contribution in [2.24, 2.45) is 0 Å². The molecule has 0 unspecified atom stereocenters. The second-order valence-corrected chi connectivity index (χ2v) is 5.93. The first-order chi connectivity index (χ1) is 11.9. The minimum Gasteiger partial charge on any atom is -0.493 e. The highest BCUT2D eigenvalue weighted by molar-refractivity contribution is 5.92. The third-order valence-corrected chi connectivity index (χ3v) is 3.80. The number of nitrogens with zero attached hydrogens (tertiary/aromatic N) is 1. The van der Waals surface area contributed by atoms with Crippen molar-refractivity contribution in [3.63, 3.8) is 0 Å². The fourth-order valence-corrected chi connectivity index (χ4v) is 2.76. The highest BCUT2D eigenvalue weighted by Gasteiger charge is 2.26. The number of rotatable bonds is 6. The molecule has 1 aliphatic heterocycles. The lowest BCUT2D eigenvalue weighted by atomic mass is 10.2. The fraction of sp³-hybridized carbons (Fsp3) is 0.556. The lowest BCUT2D eigenvalue weighted by Gasteiger charge is -2.35. The van der Waals surface area contributed by atoms with Gasteiger partial charge in [-0.25, -0.2) is 4.79 Å². The average molecular weight is 351 g/mol. The Morgan fingerprint density at radius 3 is 2.48 bits per heavy atom. The van der Waals surface area contributed by atoms with Crippen molar-refractivity contribution >= 4 is 11.9 Å². The summed E-state index contributed by atoms with van der Waals surface area (Å²) in [6.45, 7) is 6.81. The zero-order valence-electron chi connectivity index (χ0n) is 15.1. The topological polar surface area (TPSA) is 74.3 Å². The molecule has 0 aliphatic carbocycles. The van der Waals surface area contributed by atoms with E-state index in [1.54, 1.807) is 23.1 Å². The molecular formula is C18H25NO6. The SMILES string of the molecule is CCOc1cc(C(=O)OCC(=O)N2C[C@@H](C)O[C@H](C)C2)ccc1OC. The zero-order chi connectivity index (χ0) is 18.4. The fourth-order valence-electron chi connectivity index (χ4n) is 2.76. The van der Waals surface area contributed by atoms with Gasteiger partial charge in [0, 0.05) is 13.1 Å².